The minimum Gasteiger partial charge on any atom is -0.356 e. The number of hydrogen-bond donors (Lipinski definition) is 1. The van der Waals surface area contributed by atoms with E-state index in [1.165, 1.54) is 33.4 Å². The highest BCUT2D eigenvalue weighted by Crippen LogP contribution is 2.25. The molecule has 1 N–H and O–H groups in total. The second kappa shape index (κ2) is 12.2. The lowest BCUT2D eigenvalue weighted by Gasteiger charge is -2.08. The molecule has 1 nitrogen and oxygen atoms in total. The van der Waals surface area contributed by atoms with Crippen LogP contribution in [0.5, 0.6) is 0 Å². The summed E-state index contributed by atoms with van der Waals surface area (Å²) < 4.78 is 0. The van der Waals surface area contributed by atoms with E-state index in [9.17, 15) is 0 Å². The van der Waals surface area contributed by atoms with Gasteiger partial charge in [-0.2, -0.15) is 0 Å². The van der Waals surface area contributed by atoms with Crippen LogP contribution in [0.1, 0.15) is 27.8 Å². The van der Waals surface area contributed by atoms with E-state index in [0.29, 0.717) is 0 Å². The largest absolute Gasteiger partial charge is 0.356 e. The molecule has 0 radical (unpaired) electrons. The smallest absolute Gasteiger partial charge is 0.0384 e. The maximum absolute atomic E-state index is 3.36. The fourth-order valence-corrected chi connectivity index (χ4v) is 3.73. The number of hydrogen-bond acceptors (Lipinski definition) is 1. The van der Waals surface area contributed by atoms with Crippen molar-refractivity contribution in [2.45, 2.75) is 13.8 Å². The Labute approximate surface area is 209 Å². The van der Waals surface area contributed by atoms with Crippen molar-refractivity contribution >= 4 is 23.0 Å². The van der Waals surface area contributed by atoms with E-state index in [-0.39, 0.29) is 0 Å². The van der Waals surface area contributed by atoms with Crippen LogP contribution in [0.15, 0.2) is 140 Å². The second-order valence-electron chi connectivity index (χ2n) is 8.56. The third kappa shape index (κ3) is 7.31. The molecule has 0 amide bonds. The molecular weight excluding hydrogens is 422 g/mol. The Hall–Kier alpha value is -4.36. The first-order valence-electron chi connectivity index (χ1n) is 12.0. The lowest BCUT2D eigenvalue weighted by Crippen LogP contribution is -1.89. The van der Waals surface area contributed by atoms with E-state index in [2.05, 4.69) is 159 Å². The molecule has 5 rings (SSSR count). The molecule has 5 aromatic carbocycles. The van der Waals surface area contributed by atoms with Gasteiger partial charge in [0.2, 0.25) is 0 Å². The maximum atomic E-state index is 3.36. The van der Waals surface area contributed by atoms with Crippen molar-refractivity contribution in [2.75, 3.05) is 5.32 Å². The number of anilines is 2. The fraction of sp³-hybridized carbons (Fsp3) is 0.0588. The van der Waals surface area contributed by atoms with E-state index in [1.807, 2.05) is 6.07 Å². The van der Waals surface area contributed by atoms with Gasteiger partial charge in [0, 0.05) is 11.4 Å². The van der Waals surface area contributed by atoms with Crippen LogP contribution < -0.4 is 5.32 Å². The van der Waals surface area contributed by atoms with Crippen LogP contribution in [0.4, 0.5) is 11.4 Å². The topological polar surface area (TPSA) is 12.0 Å². The summed E-state index contributed by atoms with van der Waals surface area (Å²) >= 11 is 0. The highest BCUT2D eigenvalue weighted by Gasteiger charge is 2.04. The van der Waals surface area contributed by atoms with Gasteiger partial charge in [-0.15, -0.1) is 0 Å². The lowest BCUT2D eigenvalue weighted by atomic mass is 9.96. The molecule has 0 saturated carbocycles. The Morgan fingerprint density at radius 2 is 0.829 bits per heavy atom. The van der Waals surface area contributed by atoms with E-state index in [0.717, 1.165) is 11.4 Å². The highest BCUT2D eigenvalue weighted by molar-refractivity contribution is 5.91. The Morgan fingerprint density at radius 1 is 0.457 bits per heavy atom. The summed E-state index contributed by atoms with van der Waals surface area (Å²) in [5, 5.41) is 3.36. The van der Waals surface area contributed by atoms with Gasteiger partial charge in [0.25, 0.3) is 0 Å². The second-order valence-corrected chi connectivity index (χ2v) is 8.56. The van der Waals surface area contributed by atoms with Crippen molar-refractivity contribution in [1.82, 2.24) is 0 Å². The minimum absolute atomic E-state index is 1.13. The van der Waals surface area contributed by atoms with Gasteiger partial charge in [0.05, 0.1) is 0 Å². The highest BCUT2D eigenvalue weighted by atomic mass is 14.9. The van der Waals surface area contributed by atoms with E-state index < -0.39 is 0 Å². The third-order valence-electron chi connectivity index (χ3n) is 5.67. The molecule has 0 fully saturated rings. The molecule has 0 aliphatic rings. The quantitative estimate of drug-likeness (QED) is 0.261. The Balaban J connectivity index is 0.000000172. The summed E-state index contributed by atoms with van der Waals surface area (Å²) in [6, 6.07) is 48.3. The predicted molar refractivity (Wildman–Crippen MR) is 152 cm³/mol. The Kier molecular flexibility index (Phi) is 8.29. The van der Waals surface area contributed by atoms with Gasteiger partial charge in [-0.05, 0) is 66.5 Å². The maximum Gasteiger partial charge on any atom is 0.0384 e. The van der Waals surface area contributed by atoms with Crippen LogP contribution in [-0.2, 0) is 0 Å². The van der Waals surface area contributed by atoms with E-state index in [4.69, 9.17) is 0 Å². The third-order valence-corrected chi connectivity index (χ3v) is 5.67. The molecule has 0 bridgehead atoms. The van der Waals surface area contributed by atoms with Gasteiger partial charge in [0.15, 0.2) is 0 Å². The van der Waals surface area contributed by atoms with Crippen molar-refractivity contribution in [3.05, 3.63) is 167 Å². The van der Waals surface area contributed by atoms with Gasteiger partial charge in [0.1, 0.15) is 0 Å². The molecule has 5 aromatic rings. The molecule has 0 aliphatic heterocycles. The number of aryl methyl sites for hydroxylation is 2. The Bertz CT molecular complexity index is 1230. The van der Waals surface area contributed by atoms with Gasteiger partial charge >= 0.3 is 0 Å². The lowest BCUT2D eigenvalue weighted by molar-refractivity contribution is 1.43. The van der Waals surface area contributed by atoms with Gasteiger partial charge in [-0.3, -0.25) is 0 Å². The van der Waals surface area contributed by atoms with Gasteiger partial charge < -0.3 is 5.32 Å². The molecule has 0 aromatic heterocycles. The van der Waals surface area contributed by atoms with Crippen molar-refractivity contribution in [2.24, 2.45) is 0 Å². The molecule has 0 heterocycles. The van der Waals surface area contributed by atoms with Crippen LogP contribution in [0.25, 0.3) is 11.6 Å². The molecule has 0 unspecified atom stereocenters. The van der Waals surface area contributed by atoms with Crippen LogP contribution in [-0.4, -0.2) is 0 Å². The standard InChI is InChI=1S/C20H16.C14H15N/c1-4-10-17(11-5-1)16-20(18-12-6-2-7-13-18)19-14-8-3-9-15-19;1-11-3-7-13(8-4-11)15-14-9-5-12(2)6-10-14/h1-16H;3-10,15H,1-2H3. The summed E-state index contributed by atoms with van der Waals surface area (Å²) in [4.78, 5) is 0. The first kappa shape index (κ1) is 23.8. The van der Waals surface area contributed by atoms with Crippen molar-refractivity contribution in [3.8, 4) is 0 Å². The molecule has 0 aliphatic carbocycles. The summed E-state index contributed by atoms with van der Waals surface area (Å²) in [7, 11) is 0. The van der Waals surface area contributed by atoms with Crippen LogP contribution in [0.3, 0.4) is 0 Å². The predicted octanol–water partition coefficient (Wildman–Crippen LogP) is 9.32. The van der Waals surface area contributed by atoms with Crippen molar-refractivity contribution in [1.29, 1.82) is 0 Å². The molecule has 1 heteroatoms. The summed E-state index contributed by atoms with van der Waals surface area (Å²) in [6.07, 6.45) is 2.24. The summed E-state index contributed by atoms with van der Waals surface area (Å²) in [5.74, 6) is 0. The number of nitrogens with one attached hydrogen (secondary N) is 1. The monoisotopic (exact) mass is 453 g/mol. The number of benzene rings is 5. The number of rotatable bonds is 5. The average Bonchev–Trinajstić information content (AvgIpc) is 2.92. The van der Waals surface area contributed by atoms with Crippen molar-refractivity contribution in [3.63, 3.8) is 0 Å². The van der Waals surface area contributed by atoms with E-state index in [1.54, 1.807) is 0 Å². The zero-order valence-electron chi connectivity index (χ0n) is 20.4. The molecule has 172 valence electrons. The average molecular weight is 454 g/mol. The fourth-order valence-electron chi connectivity index (χ4n) is 3.73. The SMILES string of the molecule is C(=C(c1ccccc1)c1ccccc1)c1ccccc1.Cc1ccc(Nc2ccc(C)cc2)cc1. The zero-order valence-corrected chi connectivity index (χ0v) is 20.4. The molecule has 35 heavy (non-hydrogen) atoms. The first-order valence-corrected chi connectivity index (χ1v) is 12.0. The van der Waals surface area contributed by atoms with Crippen molar-refractivity contribution < 1.29 is 0 Å². The van der Waals surface area contributed by atoms with Crippen LogP contribution in [0.2, 0.25) is 0 Å². The normalized spacial score (nSPS) is 10.0. The van der Waals surface area contributed by atoms with Crippen LogP contribution in [0, 0.1) is 13.8 Å². The molecule has 0 spiro atoms. The van der Waals surface area contributed by atoms with Gasteiger partial charge in [-0.25, -0.2) is 0 Å². The molecular formula is C34H31N. The Morgan fingerprint density at radius 3 is 1.23 bits per heavy atom. The molecule has 0 atom stereocenters. The molecule has 0 saturated heterocycles. The minimum atomic E-state index is 1.13. The van der Waals surface area contributed by atoms with Gasteiger partial charge in [-0.1, -0.05) is 126 Å². The van der Waals surface area contributed by atoms with Crippen LogP contribution >= 0.6 is 0 Å². The summed E-state index contributed by atoms with van der Waals surface area (Å²) in [6.45, 7) is 4.19. The zero-order chi connectivity index (χ0) is 24.3. The first-order chi connectivity index (χ1) is 17.2. The summed E-state index contributed by atoms with van der Waals surface area (Å²) in [5.41, 5.74) is 9.76. The van der Waals surface area contributed by atoms with E-state index >= 15 is 0 Å².